The van der Waals surface area contributed by atoms with E-state index in [4.69, 9.17) is 0 Å². The van der Waals surface area contributed by atoms with Crippen molar-refractivity contribution in [3.63, 3.8) is 0 Å². The number of aryl methyl sites for hydroxylation is 1. The van der Waals surface area contributed by atoms with E-state index in [2.05, 4.69) is 4.72 Å². The molecule has 0 spiro atoms. The topological polar surface area (TPSA) is 63.2 Å². The normalized spacial score (nSPS) is 11.7. The van der Waals surface area contributed by atoms with E-state index in [1.165, 1.54) is 37.4 Å². The molecule has 0 radical (unpaired) electrons. The van der Waals surface area contributed by atoms with Gasteiger partial charge in [0.05, 0.1) is 4.90 Å². The maximum Gasteiger partial charge on any atom is 0.240 e. The fourth-order valence-electron chi connectivity index (χ4n) is 1.86. The molecule has 0 fully saturated rings. The molecule has 0 atom stereocenters. The molecule has 0 aliphatic carbocycles. The lowest BCUT2D eigenvalue weighted by atomic mass is 10.1. The van der Waals surface area contributed by atoms with Gasteiger partial charge >= 0.3 is 0 Å². The molecule has 0 aliphatic rings. The Hall–Kier alpha value is -2.24. The molecule has 0 amide bonds. The van der Waals surface area contributed by atoms with E-state index < -0.39 is 10.0 Å². The number of carbonyl (C=O) groups is 1. The first-order valence-corrected chi connectivity index (χ1v) is 8.23. The monoisotopic (exact) mass is 315 g/mol. The first-order chi connectivity index (χ1) is 10.4. The summed E-state index contributed by atoms with van der Waals surface area (Å²) in [7, 11) is -2.13. The van der Waals surface area contributed by atoms with Crippen LogP contribution in [0.4, 0.5) is 0 Å². The lowest BCUT2D eigenvalue weighted by Crippen LogP contribution is -2.18. The van der Waals surface area contributed by atoms with Gasteiger partial charge in [-0.25, -0.2) is 13.1 Å². The number of hydrogen-bond acceptors (Lipinski definition) is 3. The van der Waals surface area contributed by atoms with Crippen molar-refractivity contribution in [2.75, 3.05) is 7.05 Å². The zero-order chi connectivity index (χ0) is 16.2. The standard InChI is InChI=1S/C17H17NO3S/c1-13-3-5-14(6-4-13)7-12-17(19)15-8-10-16(11-9-15)22(20,21)18-2/h3-12,18H,1-2H3/b12-7+. The molecule has 0 saturated heterocycles. The Kier molecular flexibility index (Phi) is 4.90. The highest BCUT2D eigenvalue weighted by molar-refractivity contribution is 7.89. The second kappa shape index (κ2) is 6.68. The van der Waals surface area contributed by atoms with Crippen LogP contribution in [0.1, 0.15) is 21.5 Å². The number of allylic oxidation sites excluding steroid dienone is 1. The van der Waals surface area contributed by atoms with Gasteiger partial charge in [-0.05, 0) is 49.9 Å². The molecule has 4 nitrogen and oxygen atoms in total. The summed E-state index contributed by atoms with van der Waals surface area (Å²) in [5.41, 5.74) is 2.54. The van der Waals surface area contributed by atoms with Crippen molar-refractivity contribution in [2.24, 2.45) is 0 Å². The van der Waals surface area contributed by atoms with Gasteiger partial charge in [0.25, 0.3) is 0 Å². The van der Waals surface area contributed by atoms with E-state index in [0.29, 0.717) is 5.56 Å². The Morgan fingerprint density at radius 3 is 2.14 bits per heavy atom. The summed E-state index contributed by atoms with van der Waals surface area (Å²) in [5, 5.41) is 0. The second-order valence-electron chi connectivity index (χ2n) is 4.84. The fraction of sp³-hybridized carbons (Fsp3) is 0.118. The van der Waals surface area contributed by atoms with Crippen molar-refractivity contribution in [1.82, 2.24) is 4.72 Å². The minimum Gasteiger partial charge on any atom is -0.289 e. The number of benzene rings is 2. The van der Waals surface area contributed by atoms with Gasteiger partial charge in [-0.3, -0.25) is 4.79 Å². The smallest absolute Gasteiger partial charge is 0.240 e. The van der Waals surface area contributed by atoms with Crippen molar-refractivity contribution in [1.29, 1.82) is 0 Å². The van der Waals surface area contributed by atoms with Crippen LogP contribution in [0.25, 0.3) is 6.08 Å². The van der Waals surface area contributed by atoms with E-state index in [-0.39, 0.29) is 10.7 Å². The third-order valence-electron chi connectivity index (χ3n) is 3.22. The summed E-state index contributed by atoms with van der Waals surface area (Å²) in [5.74, 6) is -0.172. The summed E-state index contributed by atoms with van der Waals surface area (Å²) in [6.07, 6.45) is 3.21. The Morgan fingerprint density at radius 1 is 1.00 bits per heavy atom. The molecule has 114 valence electrons. The molecular weight excluding hydrogens is 298 g/mol. The predicted molar refractivity (Wildman–Crippen MR) is 87.2 cm³/mol. The van der Waals surface area contributed by atoms with Gasteiger partial charge in [-0.1, -0.05) is 35.9 Å². The van der Waals surface area contributed by atoms with Crippen LogP contribution < -0.4 is 4.72 Å². The van der Waals surface area contributed by atoms with Gasteiger partial charge < -0.3 is 0 Å². The fourth-order valence-corrected chi connectivity index (χ4v) is 2.59. The van der Waals surface area contributed by atoms with E-state index in [0.717, 1.165) is 11.1 Å². The highest BCUT2D eigenvalue weighted by atomic mass is 32.2. The number of nitrogens with one attached hydrogen (secondary N) is 1. The molecule has 2 rings (SSSR count). The van der Waals surface area contributed by atoms with Crippen molar-refractivity contribution < 1.29 is 13.2 Å². The van der Waals surface area contributed by atoms with Gasteiger partial charge in [0.1, 0.15) is 0 Å². The largest absolute Gasteiger partial charge is 0.289 e. The van der Waals surface area contributed by atoms with Crippen LogP contribution in [0.3, 0.4) is 0 Å². The number of carbonyl (C=O) groups excluding carboxylic acids is 1. The predicted octanol–water partition coefficient (Wildman–Crippen LogP) is 2.80. The summed E-state index contributed by atoms with van der Waals surface area (Å²) in [6, 6.07) is 13.7. The highest BCUT2D eigenvalue weighted by Gasteiger charge is 2.11. The first-order valence-electron chi connectivity index (χ1n) is 6.75. The lowest BCUT2D eigenvalue weighted by Gasteiger charge is -2.02. The SMILES string of the molecule is CNS(=O)(=O)c1ccc(C(=O)/C=C/c2ccc(C)cc2)cc1. The van der Waals surface area contributed by atoms with E-state index >= 15 is 0 Å². The van der Waals surface area contributed by atoms with Gasteiger partial charge in [-0.2, -0.15) is 0 Å². The number of sulfonamides is 1. The lowest BCUT2D eigenvalue weighted by molar-refractivity contribution is 0.104. The van der Waals surface area contributed by atoms with Crippen molar-refractivity contribution in [2.45, 2.75) is 11.8 Å². The molecule has 0 aromatic heterocycles. The molecule has 0 aliphatic heterocycles. The highest BCUT2D eigenvalue weighted by Crippen LogP contribution is 2.12. The van der Waals surface area contributed by atoms with E-state index in [1.807, 2.05) is 31.2 Å². The van der Waals surface area contributed by atoms with Crippen molar-refractivity contribution in [3.8, 4) is 0 Å². The maximum absolute atomic E-state index is 12.1. The summed E-state index contributed by atoms with van der Waals surface area (Å²) < 4.78 is 25.5. The molecule has 2 aromatic rings. The molecule has 0 unspecified atom stereocenters. The van der Waals surface area contributed by atoms with Crippen LogP contribution in [0.15, 0.2) is 59.5 Å². The van der Waals surface area contributed by atoms with Crippen molar-refractivity contribution in [3.05, 3.63) is 71.3 Å². The average Bonchev–Trinajstić information content (AvgIpc) is 2.54. The van der Waals surface area contributed by atoms with Crippen LogP contribution in [-0.2, 0) is 10.0 Å². The van der Waals surface area contributed by atoms with Gasteiger partial charge in [-0.15, -0.1) is 0 Å². The quantitative estimate of drug-likeness (QED) is 0.681. The third-order valence-corrected chi connectivity index (χ3v) is 4.65. The Bertz CT molecular complexity index is 789. The molecule has 0 bridgehead atoms. The number of hydrogen-bond donors (Lipinski definition) is 1. The Labute approximate surface area is 130 Å². The van der Waals surface area contributed by atoms with E-state index in [1.54, 1.807) is 6.08 Å². The molecule has 0 saturated carbocycles. The van der Waals surface area contributed by atoms with Crippen LogP contribution >= 0.6 is 0 Å². The summed E-state index contributed by atoms with van der Waals surface area (Å²) in [6.45, 7) is 2.00. The Morgan fingerprint density at radius 2 is 1.59 bits per heavy atom. The van der Waals surface area contributed by atoms with Gasteiger partial charge in [0.15, 0.2) is 5.78 Å². The molecule has 5 heteroatoms. The molecule has 22 heavy (non-hydrogen) atoms. The summed E-state index contributed by atoms with van der Waals surface area (Å²) in [4.78, 5) is 12.2. The first kappa shape index (κ1) is 16.1. The second-order valence-corrected chi connectivity index (χ2v) is 6.73. The summed E-state index contributed by atoms with van der Waals surface area (Å²) >= 11 is 0. The zero-order valence-corrected chi connectivity index (χ0v) is 13.2. The third kappa shape index (κ3) is 3.90. The van der Waals surface area contributed by atoms with Crippen LogP contribution in [-0.4, -0.2) is 21.2 Å². The zero-order valence-electron chi connectivity index (χ0n) is 12.4. The molecule has 2 aromatic carbocycles. The molecule has 1 N–H and O–H groups in total. The van der Waals surface area contributed by atoms with Crippen LogP contribution in [0, 0.1) is 6.92 Å². The minimum absolute atomic E-state index is 0.133. The maximum atomic E-state index is 12.1. The number of rotatable bonds is 5. The van der Waals surface area contributed by atoms with E-state index in [9.17, 15) is 13.2 Å². The molecule has 0 heterocycles. The van der Waals surface area contributed by atoms with Gasteiger partial charge in [0.2, 0.25) is 10.0 Å². The minimum atomic E-state index is -3.48. The van der Waals surface area contributed by atoms with Crippen molar-refractivity contribution >= 4 is 21.9 Å². The molecular formula is C17H17NO3S. The number of ketones is 1. The van der Waals surface area contributed by atoms with Crippen LogP contribution in [0.5, 0.6) is 0 Å². The van der Waals surface area contributed by atoms with Crippen LogP contribution in [0.2, 0.25) is 0 Å². The van der Waals surface area contributed by atoms with Gasteiger partial charge in [0, 0.05) is 5.56 Å². The average molecular weight is 315 g/mol. The Balaban J connectivity index is 2.15.